The molecule has 3 aromatic rings. The third kappa shape index (κ3) is 4.99. The van der Waals surface area contributed by atoms with Gasteiger partial charge in [0.2, 0.25) is 5.78 Å². The number of amides is 1. The Morgan fingerprint density at radius 3 is 2.49 bits per heavy atom. The minimum Gasteiger partial charge on any atom is -0.503 e. The second-order valence-electron chi connectivity index (χ2n) is 8.40. The predicted octanol–water partition coefficient (Wildman–Crippen LogP) is 4.85. The summed E-state index contributed by atoms with van der Waals surface area (Å²) in [5.41, 5.74) is 0.941. The first-order chi connectivity index (χ1) is 17.9. The van der Waals surface area contributed by atoms with Gasteiger partial charge in [0, 0.05) is 25.6 Å². The van der Waals surface area contributed by atoms with Crippen molar-refractivity contribution in [1.29, 1.82) is 0 Å². The van der Waals surface area contributed by atoms with E-state index in [9.17, 15) is 14.7 Å². The Hall–Kier alpha value is -3.98. The van der Waals surface area contributed by atoms with Gasteiger partial charge in [0.15, 0.2) is 34.4 Å². The quantitative estimate of drug-likeness (QED) is 0.273. The van der Waals surface area contributed by atoms with Crippen LogP contribution in [0.4, 0.5) is 0 Å². The van der Waals surface area contributed by atoms with E-state index in [1.165, 1.54) is 12.0 Å². The zero-order valence-electron chi connectivity index (χ0n) is 21.4. The van der Waals surface area contributed by atoms with Crippen molar-refractivity contribution in [2.75, 3.05) is 40.6 Å². The summed E-state index contributed by atoms with van der Waals surface area (Å²) < 4.78 is 27.8. The van der Waals surface area contributed by atoms with E-state index in [-0.39, 0.29) is 17.9 Å². The number of ether oxygens (including phenoxy) is 4. The molecule has 2 heterocycles. The monoisotopic (exact) mass is 509 g/mol. The van der Waals surface area contributed by atoms with Crippen LogP contribution in [0, 0.1) is 0 Å². The molecule has 4 rings (SSSR count). The number of rotatable bonds is 12. The summed E-state index contributed by atoms with van der Waals surface area (Å²) >= 11 is 0. The fourth-order valence-corrected chi connectivity index (χ4v) is 4.52. The summed E-state index contributed by atoms with van der Waals surface area (Å²) in [6, 6.07) is 11.3. The van der Waals surface area contributed by atoms with Crippen LogP contribution in [0.2, 0.25) is 0 Å². The molecule has 1 aliphatic heterocycles. The van der Waals surface area contributed by atoms with Crippen LogP contribution < -0.4 is 14.2 Å². The molecule has 0 bridgehead atoms. The topological polar surface area (TPSA) is 108 Å². The van der Waals surface area contributed by atoms with Crippen molar-refractivity contribution < 1.29 is 38.1 Å². The second-order valence-corrected chi connectivity index (χ2v) is 8.40. The molecule has 0 saturated heterocycles. The number of carbonyl (C=O) groups excluding carboxylic acids is 2. The van der Waals surface area contributed by atoms with Crippen LogP contribution in [0.15, 0.2) is 58.2 Å². The van der Waals surface area contributed by atoms with E-state index in [1.54, 1.807) is 49.6 Å². The van der Waals surface area contributed by atoms with Crippen molar-refractivity contribution in [2.24, 2.45) is 0 Å². The molecular formula is C28H31NO8. The molecule has 0 fully saturated rings. The van der Waals surface area contributed by atoms with Crippen LogP contribution in [-0.2, 0) is 9.53 Å². The van der Waals surface area contributed by atoms with Gasteiger partial charge in [0.05, 0.1) is 31.9 Å². The Bertz CT molecular complexity index is 1320. The van der Waals surface area contributed by atoms with E-state index in [0.29, 0.717) is 60.0 Å². The average molecular weight is 510 g/mol. The molecular weight excluding hydrogens is 478 g/mol. The van der Waals surface area contributed by atoms with Gasteiger partial charge in [-0.15, -0.1) is 0 Å². The van der Waals surface area contributed by atoms with E-state index < -0.39 is 23.5 Å². The molecule has 0 spiro atoms. The summed E-state index contributed by atoms with van der Waals surface area (Å²) in [4.78, 5) is 28.5. The van der Waals surface area contributed by atoms with Crippen molar-refractivity contribution in [3.8, 4) is 17.2 Å². The Labute approximate surface area is 215 Å². The van der Waals surface area contributed by atoms with Crippen LogP contribution in [0.3, 0.4) is 0 Å². The number of hydrogen-bond acceptors (Lipinski definition) is 8. The first-order valence-corrected chi connectivity index (χ1v) is 12.2. The molecule has 196 valence electrons. The lowest BCUT2D eigenvalue weighted by atomic mass is 9.94. The maximum Gasteiger partial charge on any atom is 0.290 e. The number of carbonyl (C=O) groups is 2. The molecule has 1 aliphatic rings. The van der Waals surface area contributed by atoms with Crippen LogP contribution in [0.25, 0.3) is 11.0 Å². The van der Waals surface area contributed by atoms with Crippen molar-refractivity contribution in [1.82, 2.24) is 4.90 Å². The molecule has 37 heavy (non-hydrogen) atoms. The number of benzene rings is 2. The lowest BCUT2D eigenvalue weighted by Crippen LogP contribution is -2.32. The number of aliphatic hydroxyl groups excluding tert-OH is 1. The van der Waals surface area contributed by atoms with Crippen LogP contribution in [0.5, 0.6) is 17.2 Å². The molecule has 0 radical (unpaired) electrons. The zero-order valence-corrected chi connectivity index (χ0v) is 21.4. The minimum absolute atomic E-state index is 0.00596. The van der Waals surface area contributed by atoms with Crippen molar-refractivity contribution >= 4 is 22.7 Å². The number of hydrogen-bond donors (Lipinski definition) is 1. The number of furan rings is 1. The summed E-state index contributed by atoms with van der Waals surface area (Å²) in [6.45, 7) is 5.26. The van der Waals surface area contributed by atoms with E-state index >= 15 is 0 Å². The number of para-hydroxylation sites is 1. The average Bonchev–Trinajstić information content (AvgIpc) is 3.45. The van der Waals surface area contributed by atoms with E-state index in [1.807, 2.05) is 13.8 Å². The van der Waals surface area contributed by atoms with Crippen LogP contribution >= 0.6 is 0 Å². The number of Topliss-reactive ketones (excluding diaryl/α,β-unsaturated/α-hetero) is 1. The second kappa shape index (κ2) is 11.4. The summed E-state index contributed by atoms with van der Waals surface area (Å²) in [7, 11) is 3.09. The highest BCUT2D eigenvalue weighted by molar-refractivity contribution is 6.16. The highest BCUT2D eigenvalue weighted by atomic mass is 16.5. The molecule has 9 nitrogen and oxygen atoms in total. The van der Waals surface area contributed by atoms with Gasteiger partial charge in [-0.05, 0) is 50.1 Å². The SMILES string of the molecule is CCOc1ccc(C2C(C(=O)c3cc4cccc(OC)c4o3)=C(O)C(=O)N2CCCOC)cc1OCC. The van der Waals surface area contributed by atoms with Gasteiger partial charge >= 0.3 is 0 Å². The Morgan fingerprint density at radius 2 is 1.78 bits per heavy atom. The summed E-state index contributed by atoms with van der Waals surface area (Å²) in [5.74, 6) is -0.324. The Balaban J connectivity index is 1.81. The molecule has 1 unspecified atom stereocenters. The van der Waals surface area contributed by atoms with Gasteiger partial charge in [-0.3, -0.25) is 9.59 Å². The summed E-state index contributed by atoms with van der Waals surface area (Å²) in [6.07, 6.45) is 0.519. The van der Waals surface area contributed by atoms with Gasteiger partial charge in [0.25, 0.3) is 5.91 Å². The maximum atomic E-state index is 13.8. The van der Waals surface area contributed by atoms with E-state index in [4.69, 9.17) is 23.4 Å². The predicted molar refractivity (Wildman–Crippen MR) is 136 cm³/mol. The lowest BCUT2D eigenvalue weighted by Gasteiger charge is -2.27. The number of nitrogens with zero attached hydrogens (tertiary/aromatic N) is 1. The molecule has 1 N–H and O–H groups in total. The molecule has 2 aromatic carbocycles. The largest absolute Gasteiger partial charge is 0.503 e. The van der Waals surface area contributed by atoms with E-state index in [2.05, 4.69) is 0 Å². The number of aliphatic hydroxyl groups is 1. The Kier molecular flexibility index (Phi) is 8.03. The zero-order chi connectivity index (χ0) is 26.5. The van der Waals surface area contributed by atoms with Gasteiger partial charge in [-0.1, -0.05) is 18.2 Å². The highest BCUT2D eigenvalue weighted by Gasteiger charge is 2.44. The standard InChI is InChI=1S/C28H31NO8/c1-5-35-19-12-11-17(15-21(19)36-6-2)24-23(26(31)28(32)29(24)13-8-14-33-3)25(30)22-16-18-9-7-10-20(34-4)27(18)37-22/h7,9-12,15-16,24,31H,5-6,8,13-14H2,1-4H3. The normalized spacial score (nSPS) is 15.5. The highest BCUT2D eigenvalue weighted by Crippen LogP contribution is 2.42. The molecule has 1 atom stereocenters. The molecule has 1 amide bonds. The fraction of sp³-hybridized carbons (Fsp3) is 0.357. The first-order valence-electron chi connectivity index (χ1n) is 12.2. The lowest BCUT2D eigenvalue weighted by molar-refractivity contribution is -0.129. The fourth-order valence-electron chi connectivity index (χ4n) is 4.52. The van der Waals surface area contributed by atoms with Crippen LogP contribution in [0.1, 0.15) is 42.4 Å². The van der Waals surface area contributed by atoms with Crippen molar-refractivity contribution in [2.45, 2.75) is 26.3 Å². The summed E-state index contributed by atoms with van der Waals surface area (Å²) in [5, 5.41) is 11.6. The van der Waals surface area contributed by atoms with Gasteiger partial charge in [-0.25, -0.2) is 0 Å². The maximum absolute atomic E-state index is 13.8. The van der Waals surface area contributed by atoms with Crippen molar-refractivity contribution in [3.05, 3.63) is 65.1 Å². The van der Waals surface area contributed by atoms with Crippen LogP contribution in [-0.4, -0.2) is 62.3 Å². The van der Waals surface area contributed by atoms with Gasteiger partial charge in [-0.2, -0.15) is 0 Å². The number of ketones is 1. The first kappa shape index (κ1) is 26.1. The molecule has 9 heteroatoms. The Morgan fingerprint density at radius 1 is 1.03 bits per heavy atom. The smallest absolute Gasteiger partial charge is 0.290 e. The van der Waals surface area contributed by atoms with E-state index in [0.717, 1.165) is 0 Å². The van der Waals surface area contributed by atoms with Gasteiger partial charge in [0.1, 0.15) is 0 Å². The van der Waals surface area contributed by atoms with Crippen molar-refractivity contribution in [3.63, 3.8) is 0 Å². The number of methoxy groups -OCH3 is 2. The third-order valence-electron chi connectivity index (χ3n) is 6.13. The van der Waals surface area contributed by atoms with Gasteiger partial charge < -0.3 is 33.4 Å². The molecule has 0 aliphatic carbocycles. The molecule has 0 saturated carbocycles. The number of fused-ring (bicyclic) bond motifs is 1. The molecule has 1 aromatic heterocycles. The third-order valence-corrected chi connectivity index (χ3v) is 6.13. The minimum atomic E-state index is -0.859.